The number of pyridine rings is 1. The van der Waals surface area contributed by atoms with Crippen molar-refractivity contribution in [2.45, 2.75) is 0 Å². The van der Waals surface area contributed by atoms with E-state index in [0.29, 0.717) is 5.82 Å². The molecule has 0 fully saturated rings. The fraction of sp³-hybridized carbons (Fsp3) is 0. The monoisotopic (exact) mass is 650 g/mol. The SMILES string of the molecule is c1ccc2cc(-c3cc(-c4ccc(-n5c6ccccc6c6ccccc65)cc4)nc(-c4ccc(-c5nccc6ccccc56)cc4)n3)ccc2c1. The van der Waals surface area contributed by atoms with Crippen molar-refractivity contribution in [1.82, 2.24) is 19.5 Å². The first kappa shape index (κ1) is 29.0. The van der Waals surface area contributed by atoms with Gasteiger partial charge in [-0.2, -0.15) is 0 Å². The molecule has 0 aliphatic heterocycles. The standard InChI is InChI=1S/C47H30N4/c1-2-11-36-29-37(22-17-31(36)9-1)43-30-42(33-23-25-38(26-24-33)51-44-15-7-5-13-40(44)41-14-6-8-16-45(41)51)49-47(50-43)35-20-18-34(19-21-35)46-39-12-4-3-10-32(39)27-28-48-46/h1-30H. The van der Waals surface area contributed by atoms with Crippen LogP contribution in [0.1, 0.15) is 0 Å². The average Bonchev–Trinajstić information content (AvgIpc) is 3.55. The molecule has 0 saturated carbocycles. The number of rotatable bonds is 5. The normalized spacial score (nSPS) is 11.5. The molecule has 3 heterocycles. The third kappa shape index (κ3) is 5.04. The highest BCUT2D eigenvalue weighted by atomic mass is 15.0. The van der Waals surface area contributed by atoms with Crippen LogP contribution >= 0.6 is 0 Å². The molecule has 0 unspecified atom stereocenters. The molecule has 0 amide bonds. The summed E-state index contributed by atoms with van der Waals surface area (Å²) in [5, 5.41) is 7.19. The Morgan fingerprint density at radius 2 is 0.922 bits per heavy atom. The fourth-order valence-electron chi connectivity index (χ4n) is 7.33. The van der Waals surface area contributed by atoms with Crippen LogP contribution in [0, 0.1) is 0 Å². The predicted molar refractivity (Wildman–Crippen MR) is 211 cm³/mol. The van der Waals surface area contributed by atoms with Crippen LogP contribution in [-0.4, -0.2) is 19.5 Å². The van der Waals surface area contributed by atoms with E-state index in [4.69, 9.17) is 15.0 Å². The molecule has 10 aromatic rings. The van der Waals surface area contributed by atoms with Gasteiger partial charge < -0.3 is 4.57 Å². The van der Waals surface area contributed by atoms with Crippen molar-refractivity contribution in [2.75, 3.05) is 0 Å². The van der Waals surface area contributed by atoms with Gasteiger partial charge in [-0.1, -0.05) is 133 Å². The van der Waals surface area contributed by atoms with Gasteiger partial charge in [0.15, 0.2) is 5.82 Å². The van der Waals surface area contributed by atoms with Crippen molar-refractivity contribution in [3.8, 4) is 50.8 Å². The van der Waals surface area contributed by atoms with Gasteiger partial charge >= 0.3 is 0 Å². The average molecular weight is 651 g/mol. The topological polar surface area (TPSA) is 43.6 Å². The summed E-state index contributed by atoms with van der Waals surface area (Å²) in [6, 6.07) is 61.9. The highest BCUT2D eigenvalue weighted by Crippen LogP contribution is 2.34. The largest absolute Gasteiger partial charge is 0.309 e. The van der Waals surface area contributed by atoms with E-state index in [-0.39, 0.29) is 0 Å². The van der Waals surface area contributed by atoms with Gasteiger partial charge in [0.1, 0.15) is 0 Å². The minimum atomic E-state index is 0.680. The van der Waals surface area contributed by atoms with Crippen molar-refractivity contribution < 1.29 is 0 Å². The van der Waals surface area contributed by atoms with Crippen LogP contribution in [0.25, 0.3) is 94.2 Å². The van der Waals surface area contributed by atoms with E-state index in [1.807, 2.05) is 6.20 Å². The highest BCUT2D eigenvalue weighted by molar-refractivity contribution is 6.09. The summed E-state index contributed by atoms with van der Waals surface area (Å²) in [4.78, 5) is 15.1. The van der Waals surface area contributed by atoms with Crippen LogP contribution in [-0.2, 0) is 0 Å². The Bertz CT molecular complexity index is 2850. The zero-order chi connectivity index (χ0) is 33.7. The lowest BCUT2D eigenvalue weighted by molar-refractivity contribution is 1.17. The quantitative estimate of drug-likeness (QED) is 0.186. The lowest BCUT2D eigenvalue weighted by Crippen LogP contribution is -1.97. The van der Waals surface area contributed by atoms with E-state index in [1.165, 1.54) is 38.0 Å². The molecule has 51 heavy (non-hydrogen) atoms. The third-order valence-corrected chi connectivity index (χ3v) is 9.86. The smallest absolute Gasteiger partial charge is 0.160 e. The van der Waals surface area contributed by atoms with Crippen LogP contribution < -0.4 is 0 Å². The lowest BCUT2D eigenvalue weighted by atomic mass is 10.0. The molecular weight excluding hydrogens is 621 g/mol. The van der Waals surface area contributed by atoms with Gasteiger partial charge in [0.2, 0.25) is 0 Å². The Balaban J connectivity index is 1.09. The van der Waals surface area contributed by atoms with Crippen LogP contribution in [0.15, 0.2) is 182 Å². The molecular formula is C47H30N4. The first-order valence-electron chi connectivity index (χ1n) is 17.2. The van der Waals surface area contributed by atoms with Crippen LogP contribution in [0.3, 0.4) is 0 Å². The van der Waals surface area contributed by atoms with Gasteiger partial charge in [-0.3, -0.25) is 4.98 Å². The second kappa shape index (κ2) is 11.9. The number of aromatic nitrogens is 4. The Labute approximate surface area is 295 Å². The molecule has 10 rings (SSSR count). The van der Waals surface area contributed by atoms with Gasteiger partial charge in [0.05, 0.1) is 28.1 Å². The molecule has 0 aliphatic carbocycles. The molecule has 0 bridgehead atoms. The van der Waals surface area contributed by atoms with Crippen molar-refractivity contribution in [2.24, 2.45) is 0 Å². The summed E-state index contributed by atoms with van der Waals surface area (Å²) < 4.78 is 2.34. The maximum atomic E-state index is 5.17. The van der Waals surface area contributed by atoms with Crippen molar-refractivity contribution in [3.63, 3.8) is 0 Å². The maximum Gasteiger partial charge on any atom is 0.160 e. The highest BCUT2D eigenvalue weighted by Gasteiger charge is 2.15. The van der Waals surface area contributed by atoms with E-state index < -0.39 is 0 Å². The lowest BCUT2D eigenvalue weighted by Gasteiger charge is -2.12. The summed E-state index contributed by atoms with van der Waals surface area (Å²) in [7, 11) is 0. The number of nitrogens with zero attached hydrogens (tertiary/aromatic N) is 4. The van der Waals surface area contributed by atoms with Gasteiger partial charge in [-0.15, -0.1) is 0 Å². The first-order chi connectivity index (χ1) is 25.3. The van der Waals surface area contributed by atoms with E-state index in [1.54, 1.807) is 0 Å². The van der Waals surface area contributed by atoms with Crippen molar-refractivity contribution in [3.05, 3.63) is 182 Å². The molecule has 0 atom stereocenters. The van der Waals surface area contributed by atoms with Crippen LogP contribution in [0.5, 0.6) is 0 Å². The van der Waals surface area contributed by atoms with Crippen LogP contribution in [0.2, 0.25) is 0 Å². The van der Waals surface area contributed by atoms with E-state index in [0.717, 1.165) is 50.4 Å². The van der Waals surface area contributed by atoms with Gasteiger partial charge in [-0.25, -0.2) is 9.97 Å². The minimum absolute atomic E-state index is 0.680. The molecule has 0 N–H and O–H groups in total. The summed E-state index contributed by atoms with van der Waals surface area (Å²) >= 11 is 0. The van der Waals surface area contributed by atoms with Gasteiger partial charge in [0, 0.05) is 50.3 Å². The van der Waals surface area contributed by atoms with Gasteiger partial charge in [-0.05, 0) is 58.6 Å². The number of hydrogen-bond donors (Lipinski definition) is 0. The molecule has 3 aromatic heterocycles. The minimum Gasteiger partial charge on any atom is -0.309 e. The summed E-state index contributed by atoms with van der Waals surface area (Å²) in [5.74, 6) is 0.680. The number of fused-ring (bicyclic) bond motifs is 5. The number of hydrogen-bond acceptors (Lipinski definition) is 3. The molecule has 4 nitrogen and oxygen atoms in total. The molecule has 0 saturated heterocycles. The summed E-state index contributed by atoms with van der Waals surface area (Å²) in [5.41, 5.74) is 10.3. The van der Waals surface area contributed by atoms with E-state index in [2.05, 4.69) is 180 Å². The Morgan fingerprint density at radius 3 is 1.65 bits per heavy atom. The molecule has 4 heteroatoms. The fourth-order valence-corrected chi connectivity index (χ4v) is 7.33. The first-order valence-corrected chi connectivity index (χ1v) is 17.2. The molecule has 0 aliphatic rings. The summed E-state index contributed by atoms with van der Waals surface area (Å²) in [6.07, 6.45) is 1.88. The van der Waals surface area contributed by atoms with E-state index in [9.17, 15) is 0 Å². The Kier molecular flexibility index (Phi) is 6.78. The van der Waals surface area contributed by atoms with Crippen LogP contribution in [0.4, 0.5) is 0 Å². The maximum absolute atomic E-state index is 5.17. The second-order valence-corrected chi connectivity index (χ2v) is 12.9. The number of para-hydroxylation sites is 2. The van der Waals surface area contributed by atoms with Crippen molar-refractivity contribution >= 4 is 43.4 Å². The predicted octanol–water partition coefficient (Wildman–Crippen LogP) is 11.9. The van der Waals surface area contributed by atoms with Crippen molar-refractivity contribution in [1.29, 1.82) is 0 Å². The zero-order valence-corrected chi connectivity index (χ0v) is 27.6. The molecule has 0 radical (unpaired) electrons. The number of benzene rings is 7. The molecule has 7 aromatic carbocycles. The van der Waals surface area contributed by atoms with E-state index >= 15 is 0 Å². The molecule has 0 spiro atoms. The summed E-state index contributed by atoms with van der Waals surface area (Å²) in [6.45, 7) is 0. The van der Waals surface area contributed by atoms with Gasteiger partial charge in [0.25, 0.3) is 0 Å². The second-order valence-electron chi connectivity index (χ2n) is 12.9. The Hall–Kier alpha value is -6.91. The zero-order valence-electron chi connectivity index (χ0n) is 27.6. The third-order valence-electron chi connectivity index (χ3n) is 9.86. The molecule has 238 valence electrons. The Morgan fingerprint density at radius 1 is 0.373 bits per heavy atom.